The van der Waals surface area contributed by atoms with Gasteiger partial charge in [-0.3, -0.25) is 4.79 Å². The summed E-state index contributed by atoms with van der Waals surface area (Å²) in [6.45, 7) is 0.433. The van der Waals surface area contributed by atoms with Gasteiger partial charge in [-0.25, -0.2) is 0 Å². The molecule has 42 heavy (non-hydrogen) atoms. The third-order valence-electron chi connectivity index (χ3n) is 7.93. The highest BCUT2D eigenvalue weighted by molar-refractivity contribution is 6.01. The maximum absolute atomic E-state index is 14.2. The van der Waals surface area contributed by atoms with Crippen molar-refractivity contribution in [2.45, 2.75) is 31.4 Å². The number of methoxy groups -OCH3 is 3. The van der Waals surface area contributed by atoms with Crippen molar-refractivity contribution in [1.29, 1.82) is 0 Å². The van der Waals surface area contributed by atoms with Crippen molar-refractivity contribution in [3.8, 4) is 23.0 Å². The Morgan fingerprint density at radius 1 is 0.738 bits per heavy atom. The van der Waals surface area contributed by atoms with Crippen LogP contribution in [0.1, 0.15) is 41.5 Å². The number of nitrogens with one attached hydrogen (secondary N) is 2. The zero-order chi connectivity index (χ0) is 29.1. The number of carbonyl (C=O) groups excluding carboxylic acids is 1. The molecular weight excluding hydrogens is 528 g/mol. The van der Waals surface area contributed by atoms with E-state index in [1.165, 1.54) is 0 Å². The molecule has 6 rings (SSSR count). The number of benzene rings is 4. The van der Waals surface area contributed by atoms with Gasteiger partial charge in [0.25, 0.3) is 0 Å². The minimum atomic E-state index is -0.392. The topological polar surface area (TPSA) is 78.1 Å². The summed E-state index contributed by atoms with van der Waals surface area (Å²) >= 11 is 0. The van der Waals surface area contributed by atoms with Crippen LogP contribution in [0.25, 0.3) is 0 Å². The van der Waals surface area contributed by atoms with E-state index in [4.69, 9.17) is 18.9 Å². The minimum absolute atomic E-state index is 0.0747. The van der Waals surface area contributed by atoms with E-state index in [1.807, 2.05) is 91.0 Å². The molecule has 2 aliphatic rings. The van der Waals surface area contributed by atoms with E-state index in [-0.39, 0.29) is 11.7 Å². The first-order chi connectivity index (χ1) is 20.6. The maximum atomic E-state index is 14.2. The Bertz CT molecular complexity index is 1610. The molecule has 1 heterocycles. The number of hydrogen-bond acceptors (Lipinski definition) is 7. The van der Waals surface area contributed by atoms with E-state index in [1.54, 1.807) is 21.3 Å². The van der Waals surface area contributed by atoms with Gasteiger partial charge in [0, 0.05) is 23.3 Å². The second kappa shape index (κ2) is 11.9. The molecule has 2 atom stereocenters. The molecule has 0 saturated carbocycles. The van der Waals surface area contributed by atoms with Gasteiger partial charge in [0.1, 0.15) is 12.4 Å². The molecule has 214 valence electrons. The molecule has 0 fully saturated rings. The molecule has 0 unspecified atom stereocenters. The molecule has 0 amide bonds. The first-order valence-electron chi connectivity index (χ1n) is 14.0. The smallest absolute Gasteiger partial charge is 0.203 e. The molecule has 1 aliphatic heterocycles. The molecular formula is C35H34N2O5. The van der Waals surface area contributed by atoms with Gasteiger partial charge in [0.2, 0.25) is 5.75 Å². The molecule has 0 radical (unpaired) electrons. The van der Waals surface area contributed by atoms with Crippen molar-refractivity contribution in [1.82, 2.24) is 0 Å². The van der Waals surface area contributed by atoms with Crippen LogP contribution in [0.3, 0.4) is 0 Å². The van der Waals surface area contributed by atoms with Gasteiger partial charge < -0.3 is 29.6 Å². The molecule has 0 bridgehead atoms. The summed E-state index contributed by atoms with van der Waals surface area (Å²) < 4.78 is 23.1. The van der Waals surface area contributed by atoms with Gasteiger partial charge in [-0.2, -0.15) is 0 Å². The van der Waals surface area contributed by atoms with Crippen molar-refractivity contribution < 1.29 is 23.7 Å². The van der Waals surface area contributed by atoms with Crippen molar-refractivity contribution in [3.63, 3.8) is 0 Å². The molecule has 0 saturated heterocycles. The fourth-order valence-corrected chi connectivity index (χ4v) is 5.88. The molecule has 2 N–H and O–H groups in total. The van der Waals surface area contributed by atoms with Crippen LogP contribution in [-0.2, 0) is 11.4 Å². The fraction of sp³-hybridized carbons (Fsp3) is 0.229. The molecule has 4 aromatic rings. The number of hydrogen-bond donors (Lipinski definition) is 2. The van der Waals surface area contributed by atoms with Gasteiger partial charge in [0.05, 0.1) is 38.7 Å². The number of allylic oxidation sites excluding steroid dienone is 1. The quantitative estimate of drug-likeness (QED) is 0.234. The number of Topliss-reactive ketones (excluding diaryl/α,β-unsaturated/α-hetero) is 1. The van der Waals surface area contributed by atoms with Gasteiger partial charge in [-0.05, 0) is 53.8 Å². The van der Waals surface area contributed by atoms with Crippen LogP contribution in [0.4, 0.5) is 11.4 Å². The van der Waals surface area contributed by atoms with Crippen LogP contribution in [0.5, 0.6) is 23.0 Å². The Hall–Kier alpha value is -4.91. The molecule has 1 aliphatic carbocycles. The Morgan fingerprint density at radius 3 is 2.12 bits per heavy atom. The highest BCUT2D eigenvalue weighted by Crippen LogP contribution is 2.48. The first kappa shape index (κ1) is 27.3. The summed E-state index contributed by atoms with van der Waals surface area (Å²) in [5.74, 6) is 2.41. The predicted molar refractivity (Wildman–Crippen MR) is 164 cm³/mol. The summed E-state index contributed by atoms with van der Waals surface area (Å²) in [4.78, 5) is 14.2. The average molecular weight is 563 g/mol. The van der Waals surface area contributed by atoms with E-state index in [0.29, 0.717) is 36.7 Å². The zero-order valence-corrected chi connectivity index (χ0v) is 24.0. The molecule has 0 aromatic heterocycles. The van der Waals surface area contributed by atoms with Gasteiger partial charge >= 0.3 is 0 Å². The molecule has 0 spiro atoms. The van der Waals surface area contributed by atoms with Gasteiger partial charge in [-0.1, -0.05) is 60.7 Å². The Kier molecular flexibility index (Phi) is 7.73. The van der Waals surface area contributed by atoms with E-state index in [0.717, 1.165) is 45.1 Å². The number of carbonyl (C=O) groups is 1. The summed E-state index contributed by atoms with van der Waals surface area (Å²) in [5.41, 5.74) is 6.42. The van der Waals surface area contributed by atoms with E-state index in [2.05, 4.69) is 10.6 Å². The van der Waals surface area contributed by atoms with Crippen molar-refractivity contribution in [2.75, 3.05) is 32.0 Å². The monoisotopic (exact) mass is 562 g/mol. The Labute approximate surface area is 246 Å². The third-order valence-corrected chi connectivity index (χ3v) is 7.93. The van der Waals surface area contributed by atoms with Crippen LogP contribution in [-0.4, -0.2) is 27.1 Å². The second-order valence-corrected chi connectivity index (χ2v) is 10.4. The summed E-state index contributed by atoms with van der Waals surface area (Å²) in [6.07, 6.45) is 0.986. The molecule has 7 heteroatoms. The van der Waals surface area contributed by atoms with Crippen LogP contribution in [0, 0.1) is 0 Å². The maximum Gasteiger partial charge on any atom is 0.203 e. The SMILES string of the molecule is COc1cc([C@H]2CC(=O)C3=C(C2)Nc2ccccc2N[C@@H]3c2ccccc2OCc2ccccc2)cc(OC)c1OC. The number of para-hydroxylation sites is 3. The lowest BCUT2D eigenvalue weighted by molar-refractivity contribution is -0.116. The molecule has 4 aromatic carbocycles. The van der Waals surface area contributed by atoms with E-state index >= 15 is 0 Å². The number of anilines is 2. The minimum Gasteiger partial charge on any atom is -0.493 e. The first-order valence-corrected chi connectivity index (χ1v) is 14.0. The lowest BCUT2D eigenvalue weighted by Gasteiger charge is -2.31. The fourth-order valence-electron chi connectivity index (χ4n) is 5.88. The van der Waals surface area contributed by atoms with E-state index in [9.17, 15) is 4.79 Å². The Morgan fingerprint density at radius 2 is 1.40 bits per heavy atom. The van der Waals surface area contributed by atoms with Crippen molar-refractivity contribution in [2.24, 2.45) is 0 Å². The lowest BCUT2D eigenvalue weighted by Crippen LogP contribution is -2.27. The summed E-state index contributed by atoms with van der Waals surface area (Å²) in [7, 11) is 4.79. The number of rotatable bonds is 8. The lowest BCUT2D eigenvalue weighted by atomic mass is 9.78. The zero-order valence-electron chi connectivity index (χ0n) is 24.0. The van der Waals surface area contributed by atoms with Crippen LogP contribution in [0.15, 0.2) is 102 Å². The second-order valence-electron chi connectivity index (χ2n) is 10.4. The molecule has 7 nitrogen and oxygen atoms in total. The number of ether oxygens (including phenoxy) is 4. The number of fused-ring (bicyclic) bond motifs is 1. The summed E-state index contributed by atoms with van der Waals surface area (Å²) in [6, 6.07) is 29.6. The summed E-state index contributed by atoms with van der Waals surface area (Å²) in [5, 5.41) is 7.29. The normalized spacial score (nSPS) is 17.6. The van der Waals surface area contributed by atoms with Gasteiger partial charge in [-0.15, -0.1) is 0 Å². The predicted octanol–water partition coefficient (Wildman–Crippen LogP) is 7.27. The number of ketones is 1. The highest BCUT2D eigenvalue weighted by atomic mass is 16.5. The highest BCUT2D eigenvalue weighted by Gasteiger charge is 2.37. The van der Waals surface area contributed by atoms with Crippen LogP contribution >= 0.6 is 0 Å². The van der Waals surface area contributed by atoms with Crippen molar-refractivity contribution in [3.05, 3.63) is 119 Å². The largest absolute Gasteiger partial charge is 0.493 e. The van der Waals surface area contributed by atoms with Gasteiger partial charge in [0.15, 0.2) is 17.3 Å². The van der Waals surface area contributed by atoms with E-state index < -0.39 is 6.04 Å². The Balaban J connectivity index is 1.41. The van der Waals surface area contributed by atoms with Crippen molar-refractivity contribution >= 4 is 17.2 Å². The third kappa shape index (κ3) is 5.26. The standard InChI is InChI=1S/C35H34N2O5/c1-39-31-19-24(20-32(40-2)35(31)41-3)23-17-28-33(29(38)18-23)34(37-27-15-9-8-14-26(27)36-28)25-13-7-10-16-30(25)42-21-22-11-5-4-6-12-22/h4-16,19-20,23,34,36-37H,17-18,21H2,1-3H3/t23-,34-/m1/s1. The van der Waals surface area contributed by atoms with Crippen LogP contribution in [0.2, 0.25) is 0 Å². The average Bonchev–Trinajstić information content (AvgIpc) is 3.20. The van der Waals surface area contributed by atoms with Crippen LogP contribution < -0.4 is 29.6 Å².